The fourth-order valence-corrected chi connectivity index (χ4v) is 1.78. The highest BCUT2D eigenvalue weighted by Gasteiger charge is 2.22. The van der Waals surface area contributed by atoms with Crippen molar-refractivity contribution in [1.82, 2.24) is 9.97 Å². The largest absolute Gasteiger partial charge is 0.481 e. The van der Waals surface area contributed by atoms with Crippen LogP contribution in [0.3, 0.4) is 0 Å². The van der Waals surface area contributed by atoms with E-state index in [1.807, 2.05) is 0 Å². The number of nitrogens with one attached hydrogen (secondary N) is 1. The standard InChI is InChI=1S/C11H8F2N2O3/c12-10(13)9-5(3-8(16)17)11(18)15-7-1-2-14-4-6(7)9/h1-2,4,10H,3H2,(H,15,18)(H,16,17). The van der Waals surface area contributed by atoms with Gasteiger partial charge in [0.05, 0.1) is 11.9 Å². The fraction of sp³-hybridized carbons (Fsp3) is 0.182. The van der Waals surface area contributed by atoms with Crippen molar-refractivity contribution in [2.75, 3.05) is 0 Å². The Balaban J connectivity index is 2.83. The van der Waals surface area contributed by atoms with Crippen LogP contribution >= 0.6 is 0 Å². The Morgan fingerprint density at radius 3 is 2.83 bits per heavy atom. The number of hydrogen-bond donors (Lipinski definition) is 2. The van der Waals surface area contributed by atoms with Crippen molar-refractivity contribution in [2.24, 2.45) is 0 Å². The highest BCUT2D eigenvalue weighted by Crippen LogP contribution is 2.27. The molecule has 0 saturated carbocycles. The summed E-state index contributed by atoms with van der Waals surface area (Å²) in [6, 6.07) is 1.38. The van der Waals surface area contributed by atoms with Gasteiger partial charge in [0, 0.05) is 28.9 Å². The molecular formula is C11H8F2N2O3. The molecule has 0 radical (unpaired) electrons. The van der Waals surface area contributed by atoms with Crippen LogP contribution in [0.1, 0.15) is 17.6 Å². The molecule has 2 N–H and O–H groups in total. The first-order chi connectivity index (χ1) is 8.50. The van der Waals surface area contributed by atoms with E-state index < -0.39 is 35.5 Å². The normalized spacial score (nSPS) is 11.1. The number of halogens is 2. The minimum absolute atomic E-state index is 0.0587. The van der Waals surface area contributed by atoms with E-state index in [9.17, 15) is 18.4 Å². The molecule has 7 heteroatoms. The van der Waals surface area contributed by atoms with Gasteiger partial charge >= 0.3 is 5.97 Å². The second-order valence-corrected chi connectivity index (χ2v) is 3.64. The van der Waals surface area contributed by atoms with E-state index in [4.69, 9.17) is 5.11 Å². The smallest absolute Gasteiger partial charge is 0.308 e. The van der Waals surface area contributed by atoms with Gasteiger partial charge in [-0.15, -0.1) is 0 Å². The number of nitrogens with zero attached hydrogens (tertiary/aromatic N) is 1. The molecule has 0 unspecified atom stereocenters. The van der Waals surface area contributed by atoms with E-state index in [1.54, 1.807) is 0 Å². The number of carboxylic acid groups (broad SMARTS) is 1. The number of carbonyl (C=O) groups is 1. The highest BCUT2D eigenvalue weighted by molar-refractivity contribution is 5.83. The van der Waals surface area contributed by atoms with Crippen molar-refractivity contribution in [3.63, 3.8) is 0 Å². The molecular weight excluding hydrogens is 246 g/mol. The van der Waals surface area contributed by atoms with Crippen LogP contribution in [0.2, 0.25) is 0 Å². The molecule has 0 aromatic carbocycles. The number of H-pyrrole nitrogens is 1. The molecule has 0 spiro atoms. The molecule has 2 heterocycles. The van der Waals surface area contributed by atoms with Crippen LogP contribution in [-0.2, 0) is 11.2 Å². The quantitative estimate of drug-likeness (QED) is 0.869. The second kappa shape index (κ2) is 4.52. The molecule has 18 heavy (non-hydrogen) atoms. The average Bonchev–Trinajstić information content (AvgIpc) is 2.28. The lowest BCUT2D eigenvalue weighted by atomic mass is 10.0. The van der Waals surface area contributed by atoms with E-state index >= 15 is 0 Å². The number of pyridine rings is 2. The highest BCUT2D eigenvalue weighted by atomic mass is 19.3. The molecule has 2 rings (SSSR count). The van der Waals surface area contributed by atoms with Crippen LogP contribution in [0.5, 0.6) is 0 Å². The maximum Gasteiger partial charge on any atom is 0.308 e. The summed E-state index contributed by atoms with van der Waals surface area (Å²) in [7, 11) is 0. The molecule has 0 saturated heterocycles. The average molecular weight is 254 g/mol. The van der Waals surface area contributed by atoms with Gasteiger partial charge in [0.1, 0.15) is 0 Å². The number of fused-ring (bicyclic) bond motifs is 1. The summed E-state index contributed by atoms with van der Waals surface area (Å²) in [5, 5.41) is 8.72. The number of alkyl halides is 2. The lowest BCUT2D eigenvalue weighted by molar-refractivity contribution is -0.136. The number of aromatic nitrogens is 2. The summed E-state index contributed by atoms with van der Waals surface area (Å²) in [4.78, 5) is 28.3. The maximum atomic E-state index is 13.0. The zero-order valence-electron chi connectivity index (χ0n) is 8.98. The molecule has 0 amide bonds. The molecule has 5 nitrogen and oxygen atoms in total. The number of carboxylic acids is 1. The number of hydrogen-bond acceptors (Lipinski definition) is 3. The third kappa shape index (κ3) is 2.06. The summed E-state index contributed by atoms with van der Waals surface area (Å²) >= 11 is 0. The minimum atomic E-state index is -2.94. The third-order valence-electron chi connectivity index (χ3n) is 2.50. The van der Waals surface area contributed by atoms with Crippen molar-refractivity contribution in [2.45, 2.75) is 12.8 Å². The lowest BCUT2D eigenvalue weighted by Crippen LogP contribution is -2.20. The van der Waals surface area contributed by atoms with E-state index in [-0.39, 0.29) is 10.9 Å². The Labute approximate surface area is 99.1 Å². The third-order valence-corrected chi connectivity index (χ3v) is 2.50. The van der Waals surface area contributed by atoms with Crippen LogP contribution < -0.4 is 5.56 Å². The molecule has 2 aromatic heterocycles. The van der Waals surface area contributed by atoms with Crippen molar-refractivity contribution < 1.29 is 18.7 Å². The van der Waals surface area contributed by atoms with Crippen LogP contribution in [-0.4, -0.2) is 21.0 Å². The summed E-state index contributed by atoms with van der Waals surface area (Å²) in [6.45, 7) is 0. The Morgan fingerprint density at radius 2 is 2.22 bits per heavy atom. The molecule has 0 aliphatic rings. The maximum absolute atomic E-state index is 13.0. The summed E-state index contributed by atoms with van der Waals surface area (Å²) in [5.74, 6) is -1.34. The van der Waals surface area contributed by atoms with Crippen molar-refractivity contribution in [3.8, 4) is 0 Å². The van der Waals surface area contributed by atoms with Gasteiger partial charge in [-0.25, -0.2) is 8.78 Å². The predicted molar refractivity (Wildman–Crippen MR) is 58.7 cm³/mol. The topological polar surface area (TPSA) is 83.0 Å². The van der Waals surface area contributed by atoms with Crippen LogP contribution in [0, 0.1) is 0 Å². The molecule has 0 fully saturated rings. The van der Waals surface area contributed by atoms with Crippen molar-refractivity contribution >= 4 is 16.9 Å². The zero-order chi connectivity index (χ0) is 13.3. The van der Waals surface area contributed by atoms with Crippen LogP contribution in [0.15, 0.2) is 23.3 Å². The monoisotopic (exact) mass is 254 g/mol. The Bertz CT molecular complexity index is 667. The van der Waals surface area contributed by atoms with Gasteiger partial charge in [-0.05, 0) is 6.07 Å². The number of rotatable bonds is 3. The zero-order valence-corrected chi connectivity index (χ0v) is 8.98. The van der Waals surface area contributed by atoms with E-state index in [2.05, 4.69) is 9.97 Å². The summed E-state index contributed by atoms with van der Waals surface area (Å²) in [6.07, 6.45) is -1.16. The van der Waals surface area contributed by atoms with Crippen molar-refractivity contribution in [3.05, 3.63) is 39.9 Å². The van der Waals surface area contributed by atoms with Gasteiger partial charge in [0.15, 0.2) is 0 Å². The first kappa shape index (κ1) is 12.2. The van der Waals surface area contributed by atoms with Crippen LogP contribution in [0.4, 0.5) is 8.78 Å². The SMILES string of the molecule is O=C(O)Cc1c(C(F)F)c2cnccc2[nH]c1=O. The Kier molecular flexibility index (Phi) is 3.05. The molecule has 0 bridgehead atoms. The fourth-order valence-electron chi connectivity index (χ4n) is 1.78. The predicted octanol–water partition coefficient (Wildman–Crippen LogP) is 1.49. The van der Waals surface area contributed by atoms with E-state index in [0.717, 1.165) is 0 Å². The second-order valence-electron chi connectivity index (χ2n) is 3.64. The number of aromatic amines is 1. The van der Waals surface area contributed by atoms with Gasteiger partial charge in [-0.2, -0.15) is 0 Å². The van der Waals surface area contributed by atoms with E-state index in [0.29, 0.717) is 0 Å². The lowest BCUT2D eigenvalue weighted by Gasteiger charge is -2.09. The molecule has 2 aromatic rings. The molecule has 0 aliphatic heterocycles. The minimum Gasteiger partial charge on any atom is -0.481 e. The van der Waals surface area contributed by atoms with E-state index in [1.165, 1.54) is 18.5 Å². The first-order valence-electron chi connectivity index (χ1n) is 4.99. The Morgan fingerprint density at radius 1 is 1.50 bits per heavy atom. The van der Waals surface area contributed by atoms with Gasteiger partial charge < -0.3 is 10.1 Å². The molecule has 94 valence electrons. The van der Waals surface area contributed by atoms with Gasteiger partial charge in [-0.3, -0.25) is 14.6 Å². The Hall–Kier alpha value is -2.31. The number of aliphatic carboxylic acids is 1. The van der Waals surface area contributed by atoms with Crippen molar-refractivity contribution in [1.29, 1.82) is 0 Å². The summed E-state index contributed by atoms with van der Waals surface area (Å²) < 4.78 is 26.0. The van der Waals surface area contributed by atoms with Gasteiger partial charge in [0.2, 0.25) is 0 Å². The molecule has 0 aliphatic carbocycles. The van der Waals surface area contributed by atoms with Gasteiger partial charge in [-0.1, -0.05) is 0 Å². The van der Waals surface area contributed by atoms with Crippen LogP contribution in [0.25, 0.3) is 10.9 Å². The van der Waals surface area contributed by atoms with Gasteiger partial charge in [0.25, 0.3) is 12.0 Å². The molecule has 0 atom stereocenters. The first-order valence-corrected chi connectivity index (χ1v) is 4.99. The summed E-state index contributed by atoms with van der Waals surface area (Å²) in [5.41, 5.74) is -1.60.